The zero-order chi connectivity index (χ0) is 31.8. The number of rotatable bonds is 6. The second-order valence-corrected chi connectivity index (χ2v) is 12.0. The summed E-state index contributed by atoms with van der Waals surface area (Å²) in [6, 6.07) is 4.55. The van der Waals surface area contributed by atoms with Gasteiger partial charge in [-0.25, -0.2) is 22.9 Å². The molecule has 236 valence electrons. The molecule has 3 heterocycles. The first-order valence-corrected chi connectivity index (χ1v) is 14.5. The molecule has 44 heavy (non-hydrogen) atoms. The van der Waals surface area contributed by atoms with E-state index in [0.29, 0.717) is 73.8 Å². The first kappa shape index (κ1) is 31.3. The third-order valence-corrected chi connectivity index (χ3v) is 7.64. The van der Waals surface area contributed by atoms with Gasteiger partial charge in [0.15, 0.2) is 17.5 Å². The molecule has 2 fully saturated rings. The Labute approximate surface area is 253 Å². The maximum atomic E-state index is 14.0. The maximum absolute atomic E-state index is 14.0. The van der Waals surface area contributed by atoms with Crippen LogP contribution in [0, 0.1) is 17.5 Å². The minimum atomic E-state index is -1.59. The number of carbonyl (C=O) groups is 2. The minimum absolute atomic E-state index is 0.221. The Morgan fingerprint density at radius 3 is 2.41 bits per heavy atom. The summed E-state index contributed by atoms with van der Waals surface area (Å²) in [5, 5.41) is 0. The van der Waals surface area contributed by atoms with E-state index >= 15 is 0 Å². The number of amides is 2. The van der Waals surface area contributed by atoms with Crippen LogP contribution in [0.3, 0.4) is 0 Å². The minimum Gasteiger partial charge on any atom is -0.486 e. The summed E-state index contributed by atoms with van der Waals surface area (Å²) in [5.41, 5.74) is 0.983. The SMILES string of the molecule is CC(Oc1cc(F)c(F)c(F)c1)c1cc(C(=O)N(C)C2CCN(C(=O)OC(C)(C)C)C2)cc2ncc(N3CCOCC3)nc12. The van der Waals surface area contributed by atoms with Crippen molar-refractivity contribution in [3.8, 4) is 5.75 Å². The molecule has 2 aliphatic rings. The largest absolute Gasteiger partial charge is 0.486 e. The first-order valence-electron chi connectivity index (χ1n) is 14.5. The first-order chi connectivity index (χ1) is 20.8. The van der Waals surface area contributed by atoms with Crippen LogP contribution in [0.25, 0.3) is 11.0 Å². The van der Waals surface area contributed by atoms with Gasteiger partial charge in [-0.1, -0.05) is 0 Å². The van der Waals surface area contributed by atoms with Gasteiger partial charge in [-0.15, -0.1) is 0 Å². The molecule has 0 saturated carbocycles. The fraction of sp³-hybridized carbons (Fsp3) is 0.484. The van der Waals surface area contributed by atoms with Crippen molar-refractivity contribution in [3.63, 3.8) is 0 Å². The molecule has 1 aromatic heterocycles. The van der Waals surface area contributed by atoms with E-state index in [9.17, 15) is 22.8 Å². The summed E-state index contributed by atoms with van der Waals surface area (Å²) in [6.45, 7) is 10.1. The van der Waals surface area contributed by atoms with Crippen molar-refractivity contribution in [1.29, 1.82) is 0 Å². The number of carbonyl (C=O) groups excluding carboxylic acids is 2. The van der Waals surface area contributed by atoms with Gasteiger partial charge in [0.05, 0.1) is 36.5 Å². The Morgan fingerprint density at radius 2 is 1.75 bits per heavy atom. The second kappa shape index (κ2) is 12.5. The molecule has 3 aromatic rings. The predicted molar refractivity (Wildman–Crippen MR) is 156 cm³/mol. The third-order valence-electron chi connectivity index (χ3n) is 7.64. The molecule has 5 rings (SSSR count). The molecule has 2 amide bonds. The van der Waals surface area contributed by atoms with E-state index in [1.54, 1.807) is 62.9 Å². The Bertz CT molecular complexity index is 1540. The van der Waals surface area contributed by atoms with E-state index in [-0.39, 0.29) is 17.7 Å². The maximum Gasteiger partial charge on any atom is 0.410 e. The highest BCUT2D eigenvalue weighted by Crippen LogP contribution is 2.31. The standard InChI is InChI=1S/C31H36F3N5O5/c1-18(43-21-14-23(32)27(34)24(33)15-21)22-12-19(13-25-28(22)36-26(16-35-25)38-8-10-42-11-9-38)29(40)37(5)20-6-7-39(17-20)30(41)44-31(2,3)4/h12-16,18,20H,6-11,17H2,1-5H3. The van der Waals surface area contributed by atoms with E-state index < -0.39 is 35.2 Å². The summed E-state index contributed by atoms with van der Waals surface area (Å²) in [6.07, 6.45) is 0.913. The van der Waals surface area contributed by atoms with E-state index in [4.69, 9.17) is 19.2 Å². The number of fused-ring (bicyclic) bond motifs is 1. The number of anilines is 1. The summed E-state index contributed by atoms with van der Waals surface area (Å²) >= 11 is 0. The summed E-state index contributed by atoms with van der Waals surface area (Å²) in [4.78, 5) is 41.0. The van der Waals surface area contributed by atoms with Crippen LogP contribution in [0.4, 0.5) is 23.8 Å². The Morgan fingerprint density at radius 1 is 1.07 bits per heavy atom. The molecule has 0 radical (unpaired) electrons. The number of likely N-dealkylation sites (tertiary alicyclic amines) is 1. The van der Waals surface area contributed by atoms with Crippen molar-refractivity contribution in [3.05, 3.63) is 59.0 Å². The monoisotopic (exact) mass is 615 g/mol. The number of ether oxygens (including phenoxy) is 3. The summed E-state index contributed by atoms with van der Waals surface area (Å²) in [5.74, 6) is -4.28. The fourth-order valence-corrected chi connectivity index (χ4v) is 5.30. The van der Waals surface area contributed by atoms with Gasteiger partial charge in [0.2, 0.25) is 0 Å². The topological polar surface area (TPSA) is 97.3 Å². The second-order valence-electron chi connectivity index (χ2n) is 12.0. The Kier molecular flexibility index (Phi) is 8.87. The molecule has 2 saturated heterocycles. The molecule has 0 spiro atoms. The molecule has 13 heteroatoms. The van der Waals surface area contributed by atoms with Crippen molar-refractivity contribution in [2.75, 3.05) is 51.3 Å². The number of nitrogens with zero attached hydrogens (tertiary/aromatic N) is 5. The predicted octanol–water partition coefficient (Wildman–Crippen LogP) is 5.11. The molecular weight excluding hydrogens is 579 g/mol. The van der Waals surface area contributed by atoms with Gasteiger partial charge in [-0.2, -0.15) is 0 Å². The van der Waals surface area contributed by atoms with Gasteiger partial charge in [-0.3, -0.25) is 9.78 Å². The van der Waals surface area contributed by atoms with Crippen molar-refractivity contribution in [2.24, 2.45) is 0 Å². The van der Waals surface area contributed by atoms with Crippen LogP contribution in [0.5, 0.6) is 5.75 Å². The molecule has 2 aromatic carbocycles. The summed E-state index contributed by atoms with van der Waals surface area (Å²) in [7, 11) is 1.67. The third kappa shape index (κ3) is 6.82. The highest BCUT2D eigenvalue weighted by Gasteiger charge is 2.34. The number of hydrogen-bond donors (Lipinski definition) is 0. The van der Waals surface area contributed by atoms with Crippen LogP contribution >= 0.6 is 0 Å². The van der Waals surface area contributed by atoms with Crippen LogP contribution in [-0.4, -0.2) is 89.9 Å². The molecule has 0 N–H and O–H groups in total. The number of morpholine rings is 1. The van der Waals surface area contributed by atoms with Crippen molar-refractivity contribution in [2.45, 2.75) is 51.9 Å². The lowest BCUT2D eigenvalue weighted by Gasteiger charge is -2.28. The average Bonchev–Trinajstić information content (AvgIpc) is 3.48. The Balaban J connectivity index is 1.46. The van der Waals surface area contributed by atoms with Gasteiger partial charge in [0.1, 0.15) is 23.3 Å². The number of likely N-dealkylation sites (N-methyl/N-ethyl adjacent to an activating group) is 1. The van der Waals surface area contributed by atoms with Gasteiger partial charge in [-0.05, 0) is 46.2 Å². The van der Waals surface area contributed by atoms with E-state index in [1.807, 2.05) is 4.90 Å². The lowest BCUT2D eigenvalue weighted by atomic mass is 10.0. The van der Waals surface area contributed by atoms with Crippen LogP contribution in [0.1, 0.15) is 56.1 Å². The quantitative estimate of drug-likeness (QED) is 0.354. The molecule has 2 aliphatic heterocycles. The number of benzene rings is 2. The van der Waals surface area contributed by atoms with Gasteiger partial charge >= 0.3 is 6.09 Å². The van der Waals surface area contributed by atoms with Crippen LogP contribution < -0.4 is 9.64 Å². The van der Waals surface area contributed by atoms with Gasteiger partial charge < -0.3 is 28.9 Å². The zero-order valence-electron chi connectivity index (χ0n) is 25.4. The lowest BCUT2D eigenvalue weighted by Crippen LogP contribution is -2.41. The van der Waals surface area contributed by atoms with Crippen molar-refractivity contribution >= 4 is 28.9 Å². The molecular formula is C31H36F3N5O5. The van der Waals surface area contributed by atoms with E-state index in [0.717, 1.165) is 12.1 Å². The molecule has 10 nitrogen and oxygen atoms in total. The molecule has 2 unspecified atom stereocenters. The fourth-order valence-electron chi connectivity index (χ4n) is 5.30. The normalized spacial score (nSPS) is 18.0. The average molecular weight is 616 g/mol. The van der Waals surface area contributed by atoms with Crippen molar-refractivity contribution in [1.82, 2.24) is 19.8 Å². The van der Waals surface area contributed by atoms with Gasteiger partial charge in [0, 0.05) is 56.5 Å². The van der Waals surface area contributed by atoms with Gasteiger partial charge in [0.25, 0.3) is 5.91 Å². The number of hydrogen-bond acceptors (Lipinski definition) is 8. The molecule has 2 atom stereocenters. The Hall–Kier alpha value is -4.13. The number of halogens is 3. The smallest absolute Gasteiger partial charge is 0.410 e. The zero-order valence-corrected chi connectivity index (χ0v) is 25.4. The molecule has 0 bridgehead atoms. The van der Waals surface area contributed by atoms with E-state index in [2.05, 4.69) is 4.98 Å². The lowest BCUT2D eigenvalue weighted by molar-refractivity contribution is 0.0279. The van der Waals surface area contributed by atoms with Crippen LogP contribution in [0.2, 0.25) is 0 Å². The molecule has 0 aliphatic carbocycles. The van der Waals surface area contributed by atoms with Crippen LogP contribution in [-0.2, 0) is 9.47 Å². The number of aromatic nitrogens is 2. The van der Waals surface area contributed by atoms with Crippen LogP contribution in [0.15, 0.2) is 30.5 Å². The summed E-state index contributed by atoms with van der Waals surface area (Å²) < 4.78 is 58.3. The van der Waals surface area contributed by atoms with Crippen molar-refractivity contribution < 1.29 is 37.0 Å². The van der Waals surface area contributed by atoms with E-state index in [1.165, 1.54) is 0 Å². The highest BCUT2D eigenvalue weighted by molar-refractivity contribution is 5.98. The highest BCUT2D eigenvalue weighted by atomic mass is 19.2.